The Kier molecular flexibility index (Phi) is 4.49. The highest BCUT2D eigenvalue weighted by molar-refractivity contribution is 7.89. The summed E-state index contributed by atoms with van der Waals surface area (Å²) in [6.07, 6.45) is 5.73. The van der Waals surface area contributed by atoms with Crippen molar-refractivity contribution in [1.29, 1.82) is 0 Å². The molecule has 1 saturated heterocycles. The van der Waals surface area contributed by atoms with Gasteiger partial charge in [-0.05, 0) is 24.6 Å². The molecule has 150 valence electrons. The van der Waals surface area contributed by atoms with Gasteiger partial charge in [0.2, 0.25) is 10.0 Å². The summed E-state index contributed by atoms with van der Waals surface area (Å²) in [5.41, 5.74) is 0.581. The second-order valence-electron chi connectivity index (χ2n) is 6.93. The largest absolute Gasteiger partial charge is 0.353 e. The van der Waals surface area contributed by atoms with E-state index in [1.807, 2.05) is 0 Å². The van der Waals surface area contributed by atoms with Crippen LogP contribution in [0.25, 0.3) is 21.3 Å². The second-order valence-corrected chi connectivity index (χ2v) is 9.95. The first kappa shape index (κ1) is 18.5. The van der Waals surface area contributed by atoms with Crippen molar-refractivity contribution in [2.24, 2.45) is 0 Å². The Balaban J connectivity index is 1.40. The van der Waals surface area contributed by atoms with Crippen molar-refractivity contribution in [2.75, 3.05) is 31.1 Å². The number of fused-ring (bicyclic) bond motifs is 2. The summed E-state index contributed by atoms with van der Waals surface area (Å²) in [7, 11) is -3.59. The van der Waals surface area contributed by atoms with E-state index in [4.69, 9.17) is 0 Å². The van der Waals surface area contributed by atoms with Gasteiger partial charge in [0.05, 0.1) is 5.39 Å². The van der Waals surface area contributed by atoms with Gasteiger partial charge < -0.3 is 9.88 Å². The molecule has 5 heterocycles. The minimum Gasteiger partial charge on any atom is -0.353 e. The monoisotopic (exact) mass is 428 g/mol. The van der Waals surface area contributed by atoms with Crippen LogP contribution in [0.2, 0.25) is 0 Å². The molecule has 0 unspecified atom stereocenters. The molecule has 1 aliphatic heterocycles. The zero-order valence-electron chi connectivity index (χ0n) is 15.9. The van der Waals surface area contributed by atoms with E-state index >= 15 is 0 Å². The van der Waals surface area contributed by atoms with Crippen LogP contribution in [0, 0.1) is 0 Å². The summed E-state index contributed by atoms with van der Waals surface area (Å²) in [5.74, 6) is 0.888. The van der Waals surface area contributed by atoms with Crippen LogP contribution >= 0.6 is 11.3 Å². The number of anilines is 1. The van der Waals surface area contributed by atoms with Gasteiger partial charge in [-0.1, -0.05) is 6.92 Å². The zero-order chi connectivity index (χ0) is 20.0. The molecular weight excluding hydrogens is 408 g/mol. The topological polar surface area (TPSA) is 95.1 Å². The summed E-state index contributed by atoms with van der Waals surface area (Å²) in [6.45, 7) is 4.12. The van der Waals surface area contributed by atoms with E-state index in [0.717, 1.165) is 22.5 Å². The van der Waals surface area contributed by atoms with Crippen LogP contribution in [0.15, 0.2) is 41.8 Å². The third-order valence-electron chi connectivity index (χ3n) is 5.28. The van der Waals surface area contributed by atoms with Crippen LogP contribution in [-0.2, 0) is 16.4 Å². The zero-order valence-corrected chi connectivity index (χ0v) is 17.5. The first-order valence-electron chi connectivity index (χ1n) is 9.48. The number of aryl methyl sites for hydroxylation is 1. The summed E-state index contributed by atoms with van der Waals surface area (Å²) in [5, 5.41) is 1.67. The first-order valence-corrected chi connectivity index (χ1v) is 11.7. The Morgan fingerprint density at radius 1 is 1.14 bits per heavy atom. The molecule has 10 heteroatoms. The highest BCUT2D eigenvalue weighted by Gasteiger charge is 2.31. The molecule has 0 saturated carbocycles. The number of aromatic nitrogens is 4. The number of pyridine rings is 1. The Bertz CT molecular complexity index is 1290. The van der Waals surface area contributed by atoms with E-state index in [9.17, 15) is 8.42 Å². The number of hydrogen-bond acceptors (Lipinski definition) is 7. The Hall–Kier alpha value is -2.56. The van der Waals surface area contributed by atoms with Crippen LogP contribution in [0.3, 0.4) is 0 Å². The number of sulfonamides is 1. The third-order valence-corrected chi connectivity index (χ3v) is 8.40. The maximum absolute atomic E-state index is 13.2. The number of H-pyrrole nitrogens is 1. The van der Waals surface area contributed by atoms with Gasteiger partial charge in [-0.15, -0.1) is 11.3 Å². The molecule has 0 aliphatic carbocycles. The van der Waals surface area contributed by atoms with Crippen LogP contribution in [0.4, 0.5) is 5.82 Å². The fourth-order valence-electron chi connectivity index (χ4n) is 3.74. The highest BCUT2D eigenvalue weighted by Crippen LogP contribution is 2.32. The SMILES string of the molecule is CCc1cc2c(N3CCN(S(=O)(=O)c4c[nH]c5ncccc45)CC3)ncnc2s1. The maximum atomic E-state index is 13.2. The lowest BCUT2D eigenvalue weighted by molar-refractivity contribution is 0.384. The average Bonchev–Trinajstić information content (AvgIpc) is 3.38. The van der Waals surface area contributed by atoms with Gasteiger partial charge in [0.25, 0.3) is 0 Å². The molecule has 0 amide bonds. The lowest BCUT2D eigenvalue weighted by Crippen LogP contribution is -2.48. The van der Waals surface area contributed by atoms with Gasteiger partial charge in [0.1, 0.15) is 27.5 Å². The summed E-state index contributed by atoms with van der Waals surface area (Å²) < 4.78 is 27.9. The van der Waals surface area contributed by atoms with Crippen molar-refractivity contribution in [2.45, 2.75) is 18.2 Å². The highest BCUT2D eigenvalue weighted by atomic mass is 32.2. The minimum atomic E-state index is -3.59. The smallest absolute Gasteiger partial charge is 0.245 e. The van der Waals surface area contributed by atoms with E-state index in [1.165, 1.54) is 11.1 Å². The molecule has 5 rings (SSSR count). The van der Waals surface area contributed by atoms with Gasteiger partial charge in [0.15, 0.2) is 0 Å². The lowest BCUT2D eigenvalue weighted by Gasteiger charge is -2.34. The van der Waals surface area contributed by atoms with E-state index in [1.54, 1.807) is 40.3 Å². The van der Waals surface area contributed by atoms with Crippen molar-refractivity contribution in [3.8, 4) is 0 Å². The quantitative estimate of drug-likeness (QED) is 0.537. The second kappa shape index (κ2) is 7.05. The van der Waals surface area contributed by atoms with Crippen LogP contribution in [0.5, 0.6) is 0 Å². The molecule has 4 aromatic heterocycles. The molecule has 0 aromatic carbocycles. The summed E-state index contributed by atoms with van der Waals surface area (Å²) >= 11 is 1.69. The van der Waals surface area contributed by atoms with E-state index < -0.39 is 10.0 Å². The number of rotatable bonds is 4. The van der Waals surface area contributed by atoms with Crippen molar-refractivity contribution in [3.05, 3.63) is 41.8 Å². The van der Waals surface area contributed by atoms with Gasteiger partial charge in [-0.25, -0.2) is 23.4 Å². The van der Waals surface area contributed by atoms with Crippen molar-refractivity contribution in [1.82, 2.24) is 24.2 Å². The molecule has 1 fully saturated rings. The third kappa shape index (κ3) is 3.07. The van der Waals surface area contributed by atoms with E-state index in [2.05, 4.69) is 37.8 Å². The molecule has 1 N–H and O–H groups in total. The maximum Gasteiger partial charge on any atom is 0.245 e. The first-order chi connectivity index (χ1) is 14.1. The average molecular weight is 429 g/mol. The van der Waals surface area contributed by atoms with E-state index in [0.29, 0.717) is 37.2 Å². The molecule has 0 bridgehead atoms. The van der Waals surface area contributed by atoms with Gasteiger partial charge in [-0.2, -0.15) is 4.31 Å². The van der Waals surface area contributed by atoms with Crippen LogP contribution in [-0.4, -0.2) is 58.8 Å². The molecule has 8 nitrogen and oxygen atoms in total. The number of nitrogens with one attached hydrogen (secondary N) is 1. The number of hydrogen-bond donors (Lipinski definition) is 1. The standard InChI is InChI=1S/C19H20N6O2S2/c1-2-13-10-15-18(22-12-23-19(15)28-13)24-6-8-25(9-7-24)29(26,27)16-11-21-17-14(16)4-3-5-20-17/h3-5,10-12H,2,6-9H2,1H3,(H,20,21). The normalized spacial score (nSPS) is 16.1. The van der Waals surface area contributed by atoms with Gasteiger partial charge in [-0.3, -0.25) is 0 Å². The summed E-state index contributed by atoms with van der Waals surface area (Å²) in [6, 6.07) is 5.68. The van der Waals surface area contributed by atoms with Crippen LogP contribution < -0.4 is 4.90 Å². The fourth-order valence-corrected chi connectivity index (χ4v) is 6.24. The van der Waals surface area contributed by atoms with Crippen LogP contribution in [0.1, 0.15) is 11.8 Å². The predicted molar refractivity (Wildman–Crippen MR) is 114 cm³/mol. The molecule has 0 spiro atoms. The molecule has 0 atom stereocenters. The minimum absolute atomic E-state index is 0.281. The van der Waals surface area contributed by atoms with Crippen molar-refractivity contribution < 1.29 is 8.42 Å². The van der Waals surface area contributed by atoms with Crippen molar-refractivity contribution >= 4 is 48.4 Å². The van der Waals surface area contributed by atoms with Gasteiger partial charge >= 0.3 is 0 Å². The molecule has 1 aliphatic rings. The summed E-state index contributed by atoms with van der Waals surface area (Å²) in [4.78, 5) is 20.7. The fraction of sp³-hybridized carbons (Fsp3) is 0.316. The molecular formula is C19H20N6O2S2. The molecule has 0 radical (unpaired) electrons. The Morgan fingerprint density at radius 3 is 2.76 bits per heavy atom. The number of aromatic amines is 1. The molecule has 29 heavy (non-hydrogen) atoms. The van der Waals surface area contributed by atoms with Gasteiger partial charge in [0, 0.05) is 48.8 Å². The number of piperazine rings is 1. The molecule has 4 aromatic rings. The number of nitrogens with zero attached hydrogens (tertiary/aromatic N) is 5. The Labute approximate surface area is 172 Å². The Morgan fingerprint density at radius 2 is 1.97 bits per heavy atom. The predicted octanol–water partition coefficient (Wildman–Crippen LogP) is 2.64. The lowest BCUT2D eigenvalue weighted by atomic mass is 10.2. The van der Waals surface area contributed by atoms with E-state index in [-0.39, 0.29) is 4.90 Å². The number of thiophene rings is 1. The van der Waals surface area contributed by atoms with Crippen molar-refractivity contribution in [3.63, 3.8) is 0 Å².